The molecule has 2 aliphatic heterocycles. The molecule has 2 heterocycles. The van der Waals surface area contributed by atoms with E-state index in [0.29, 0.717) is 12.5 Å². The number of hydrogen-bond donors (Lipinski definition) is 0. The van der Waals surface area contributed by atoms with Gasteiger partial charge >= 0.3 is 6.09 Å². The number of halogens is 1. The van der Waals surface area contributed by atoms with Crippen LogP contribution in [0.3, 0.4) is 0 Å². The number of rotatable bonds is 5. The number of amides is 2. The molecule has 150 valence electrons. The van der Waals surface area contributed by atoms with Gasteiger partial charge in [-0.2, -0.15) is 0 Å². The van der Waals surface area contributed by atoms with Crippen molar-refractivity contribution in [1.29, 1.82) is 0 Å². The van der Waals surface area contributed by atoms with Gasteiger partial charge in [0.2, 0.25) is 5.91 Å². The van der Waals surface area contributed by atoms with Crippen molar-refractivity contribution in [3.8, 4) is 0 Å². The summed E-state index contributed by atoms with van der Waals surface area (Å²) >= 11 is 2.13. The first-order valence-electron chi connectivity index (χ1n) is 9.50. The standard InChI is InChI=1S/C18H31IN2O4S/c1-18(2,3)25-17(23)21-10-5-4-6-15(21)16(22)20-11-7-14(8-12-20)9-13-24-26-19/h14-15H,4-13H2,1-3H3/t15-/m0/s1. The van der Waals surface area contributed by atoms with E-state index in [9.17, 15) is 9.59 Å². The van der Waals surface area contributed by atoms with Crippen LogP contribution in [-0.4, -0.2) is 59.7 Å². The summed E-state index contributed by atoms with van der Waals surface area (Å²) in [6.45, 7) is 8.50. The van der Waals surface area contributed by atoms with E-state index >= 15 is 0 Å². The van der Waals surface area contributed by atoms with Crippen LogP contribution in [0.25, 0.3) is 0 Å². The van der Waals surface area contributed by atoms with Crippen LogP contribution >= 0.6 is 30.4 Å². The first-order valence-corrected chi connectivity index (χ1v) is 12.8. The molecule has 2 fully saturated rings. The molecule has 2 amide bonds. The third-order valence-corrected chi connectivity index (χ3v) is 6.01. The number of nitrogens with zero attached hydrogens (tertiary/aromatic N) is 2. The minimum atomic E-state index is -0.543. The second kappa shape index (κ2) is 10.4. The average Bonchev–Trinajstić information content (AvgIpc) is 2.60. The lowest BCUT2D eigenvalue weighted by molar-refractivity contribution is -0.139. The summed E-state index contributed by atoms with van der Waals surface area (Å²) in [6.07, 6.45) is 5.36. The highest BCUT2D eigenvalue weighted by atomic mass is 127. The van der Waals surface area contributed by atoms with E-state index in [1.807, 2.05) is 25.7 Å². The Labute approximate surface area is 173 Å². The predicted octanol–water partition coefficient (Wildman–Crippen LogP) is 4.42. The number of piperidine rings is 2. The van der Waals surface area contributed by atoms with Crippen molar-refractivity contribution >= 4 is 42.4 Å². The summed E-state index contributed by atoms with van der Waals surface area (Å²) in [5, 5.41) is 0. The molecule has 0 aromatic heterocycles. The maximum Gasteiger partial charge on any atom is 0.410 e. The summed E-state index contributed by atoms with van der Waals surface area (Å²) in [7, 11) is 1.38. The van der Waals surface area contributed by atoms with E-state index in [1.165, 1.54) is 9.21 Å². The van der Waals surface area contributed by atoms with Gasteiger partial charge in [-0.15, -0.1) is 0 Å². The van der Waals surface area contributed by atoms with Crippen molar-refractivity contribution in [2.24, 2.45) is 5.92 Å². The molecule has 2 aliphatic rings. The molecule has 1 atom stereocenters. The molecule has 0 bridgehead atoms. The van der Waals surface area contributed by atoms with E-state index in [-0.39, 0.29) is 18.0 Å². The summed E-state index contributed by atoms with van der Waals surface area (Å²) in [5.41, 5.74) is -0.543. The lowest BCUT2D eigenvalue weighted by Gasteiger charge is -2.40. The fourth-order valence-corrected chi connectivity index (χ4v) is 4.33. The lowest BCUT2D eigenvalue weighted by atomic mass is 9.93. The van der Waals surface area contributed by atoms with Gasteiger partial charge in [-0.05, 0) is 65.2 Å². The smallest absolute Gasteiger partial charge is 0.410 e. The Balaban J connectivity index is 1.89. The van der Waals surface area contributed by atoms with Gasteiger partial charge in [0.15, 0.2) is 0 Å². The zero-order valence-corrected chi connectivity index (χ0v) is 19.0. The largest absolute Gasteiger partial charge is 0.444 e. The van der Waals surface area contributed by atoms with Crippen molar-refractivity contribution < 1.29 is 18.5 Å². The first-order chi connectivity index (χ1) is 12.3. The minimum Gasteiger partial charge on any atom is -0.444 e. The van der Waals surface area contributed by atoms with Crippen LogP contribution in [0.15, 0.2) is 0 Å². The normalized spacial score (nSPS) is 22.4. The molecule has 0 saturated carbocycles. The predicted molar refractivity (Wildman–Crippen MR) is 112 cm³/mol. The van der Waals surface area contributed by atoms with Gasteiger partial charge in [0.25, 0.3) is 0 Å². The van der Waals surface area contributed by atoms with Crippen LogP contribution in [0, 0.1) is 5.92 Å². The molecule has 0 radical (unpaired) electrons. The molecule has 2 saturated heterocycles. The van der Waals surface area contributed by atoms with Gasteiger partial charge < -0.3 is 13.8 Å². The second-order valence-electron chi connectivity index (χ2n) is 8.13. The van der Waals surface area contributed by atoms with Crippen LogP contribution in [-0.2, 0) is 13.7 Å². The molecule has 0 aromatic carbocycles. The lowest BCUT2D eigenvalue weighted by Crippen LogP contribution is -2.55. The summed E-state index contributed by atoms with van der Waals surface area (Å²) in [6, 6.07) is -0.367. The van der Waals surface area contributed by atoms with E-state index in [1.54, 1.807) is 4.90 Å². The molecule has 26 heavy (non-hydrogen) atoms. The minimum absolute atomic E-state index is 0.0908. The Bertz CT molecular complexity index is 478. The monoisotopic (exact) mass is 498 g/mol. The zero-order chi connectivity index (χ0) is 19.2. The van der Waals surface area contributed by atoms with Gasteiger partial charge in [-0.1, -0.05) is 0 Å². The van der Waals surface area contributed by atoms with Crippen molar-refractivity contribution in [1.82, 2.24) is 9.80 Å². The Hall–Kier alpha value is -0.220. The third kappa shape index (κ3) is 6.74. The maximum atomic E-state index is 13.0. The Kier molecular flexibility index (Phi) is 8.79. The van der Waals surface area contributed by atoms with Crippen LogP contribution in [0.1, 0.15) is 59.3 Å². The fourth-order valence-electron chi connectivity index (χ4n) is 3.63. The van der Waals surface area contributed by atoms with E-state index in [4.69, 9.17) is 8.92 Å². The van der Waals surface area contributed by atoms with Crippen molar-refractivity contribution in [2.45, 2.75) is 70.9 Å². The van der Waals surface area contributed by atoms with Gasteiger partial charge in [-0.25, -0.2) is 4.79 Å². The number of likely N-dealkylation sites (tertiary alicyclic amines) is 2. The van der Waals surface area contributed by atoms with Crippen LogP contribution in [0.5, 0.6) is 0 Å². The van der Waals surface area contributed by atoms with Gasteiger partial charge in [0.1, 0.15) is 11.6 Å². The number of carbonyl (C=O) groups excluding carboxylic acids is 2. The van der Waals surface area contributed by atoms with Crippen LogP contribution in [0.4, 0.5) is 4.79 Å². The second-order valence-corrected chi connectivity index (χ2v) is 9.57. The number of hydrogen-bond acceptors (Lipinski definition) is 5. The number of ether oxygens (including phenoxy) is 1. The third-order valence-electron chi connectivity index (χ3n) is 5.00. The topological polar surface area (TPSA) is 59.1 Å². The zero-order valence-electron chi connectivity index (χ0n) is 16.0. The number of carbonyl (C=O) groups is 2. The highest BCUT2D eigenvalue weighted by molar-refractivity contribution is 14.2. The van der Waals surface area contributed by atoms with Gasteiger partial charge in [0, 0.05) is 40.8 Å². The molecule has 2 rings (SSSR count). The van der Waals surface area contributed by atoms with Gasteiger partial charge in [-0.3, -0.25) is 9.69 Å². The molecule has 0 aliphatic carbocycles. The fraction of sp³-hybridized carbons (Fsp3) is 0.889. The molecule has 0 unspecified atom stereocenters. The Morgan fingerprint density at radius 1 is 1.12 bits per heavy atom. The molecule has 6 nitrogen and oxygen atoms in total. The molecule has 0 N–H and O–H groups in total. The highest BCUT2D eigenvalue weighted by Crippen LogP contribution is 2.26. The summed E-state index contributed by atoms with van der Waals surface area (Å²) in [4.78, 5) is 29.2. The molecule has 0 spiro atoms. The Morgan fingerprint density at radius 2 is 1.81 bits per heavy atom. The van der Waals surface area contributed by atoms with Crippen LogP contribution < -0.4 is 0 Å². The molecular formula is C18H31IN2O4S. The van der Waals surface area contributed by atoms with E-state index in [0.717, 1.165) is 58.2 Å². The SMILES string of the molecule is CC(C)(C)OC(=O)N1CCCC[C@H]1C(=O)N1CCC(CCOSI)CC1. The Morgan fingerprint density at radius 3 is 2.42 bits per heavy atom. The van der Waals surface area contributed by atoms with Crippen molar-refractivity contribution in [2.75, 3.05) is 26.2 Å². The van der Waals surface area contributed by atoms with E-state index < -0.39 is 5.60 Å². The summed E-state index contributed by atoms with van der Waals surface area (Å²) < 4.78 is 10.9. The molecule has 8 heteroatoms. The van der Waals surface area contributed by atoms with Crippen molar-refractivity contribution in [3.05, 3.63) is 0 Å². The van der Waals surface area contributed by atoms with E-state index in [2.05, 4.69) is 21.2 Å². The molecular weight excluding hydrogens is 467 g/mol. The molecule has 0 aromatic rings. The van der Waals surface area contributed by atoms with Gasteiger partial charge in [0.05, 0.1) is 15.8 Å². The first kappa shape index (κ1) is 22.1. The highest BCUT2D eigenvalue weighted by Gasteiger charge is 2.37. The quantitative estimate of drug-likeness (QED) is 0.319. The average molecular weight is 498 g/mol. The summed E-state index contributed by atoms with van der Waals surface area (Å²) in [5.74, 6) is 0.712. The van der Waals surface area contributed by atoms with Crippen molar-refractivity contribution in [3.63, 3.8) is 0 Å². The van der Waals surface area contributed by atoms with Crippen LogP contribution in [0.2, 0.25) is 0 Å². The maximum absolute atomic E-state index is 13.0.